The van der Waals surface area contributed by atoms with Crippen LogP contribution in [-0.2, 0) is 9.53 Å². The van der Waals surface area contributed by atoms with Gasteiger partial charge in [0, 0.05) is 37.5 Å². The van der Waals surface area contributed by atoms with Crippen molar-refractivity contribution in [2.75, 3.05) is 37.1 Å². The van der Waals surface area contributed by atoms with E-state index < -0.39 is 0 Å². The van der Waals surface area contributed by atoms with Crippen molar-refractivity contribution >= 4 is 40.5 Å². The first-order valence-electron chi connectivity index (χ1n) is 9.18. The molecule has 0 heterocycles. The second-order valence-electron chi connectivity index (χ2n) is 6.10. The number of nitrogens with zero attached hydrogens (tertiary/aromatic N) is 1. The third-order valence-electron chi connectivity index (χ3n) is 4.03. The number of hydrogen-bond donors (Lipinski definition) is 2. The van der Waals surface area contributed by atoms with E-state index in [-0.39, 0.29) is 16.9 Å². The Morgan fingerprint density at radius 2 is 1.69 bits per heavy atom. The molecule has 0 saturated heterocycles. The lowest BCUT2D eigenvalue weighted by atomic mass is 10.2. The molecule has 2 N–H and O–H groups in total. The molecule has 0 aliphatic carbocycles. The summed E-state index contributed by atoms with van der Waals surface area (Å²) in [7, 11) is 1.70. The van der Waals surface area contributed by atoms with Gasteiger partial charge < -0.3 is 19.7 Å². The molecule has 154 valence electrons. The largest absolute Gasteiger partial charge is 0.491 e. The van der Waals surface area contributed by atoms with Crippen LogP contribution in [0.1, 0.15) is 24.2 Å². The van der Waals surface area contributed by atoms with Gasteiger partial charge in [-0.2, -0.15) is 0 Å². The average Bonchev–Trinajstić information content (AvgIpc) is 2.71. The number of carbonyl (C=O) groups is 2. The van der Waals surface area contributed by atoms with Gasteiger partial charge in [-0.3, -0.25) is 14.9 Å². The minimum absolute atomic E-state index is 0.0563. The van der Waals surface area contributed by atoms with Gasteiger partial charge >= 0.3 is 0 Å². The predicted octanol–water partition coefficient (Wildman–Crippen LogP) is 3.21. The molecular weight excluding hydrogens is 390 g/mol. The molecule has 2 rings (SSSR count). The fourth-order valence-electron chi connectivity index (χ4n) is 2.35. The second kappa shape index (κ2) is 11.1. The Balaban J connectivity index is 1.85. The highest BCUT2D eigenvalue weighted by molar-refractivity contribution is 7.80. The Hall–Kier alpha value is -2.97. The summed E-state index contributed by atoms with van der Waals surface area (Å²) < 4.78 is 10.7. The van der Waals surface area contributed by atoms with Crippen LogP contribution in [0.25, 0.3) is 0 Å². The number of benzene rings is 2. The van der Waals surface area contributed by atoms with Crippen LogP contribution in [0.5, 0.6) is 5.75 Å². The van der Waals surface area contributed by atoms with Crippen LogP contribution in [-0.4, -0.2) is 43.8 Å². The zero-order chi connectivity index (χ0) is 21.2. The lowest BCUT2D eigenvalue weighted by Crippen LogP contribution is -2.34. The van der Waals surface area contributed by atoms with Crippen LogP contribution in [0.4, 0.5) is 11.4 Å². The van der Waals surface area contributed by atoms with Crippen LogP contribution < -0.4 is 20.3 Å². The molecule has 0 saturated carbocycles. The summed E-state index contributed by atoms with van der Waals surface area (Å²) in [5.41, 5.74) is 1.93. The summed E-state index contributed by atoms with van der Waals surface area (Å²) in [6, 6.07) is 13.9. The highest BCUT2D eigenvalue weighted by Crippen LogP contribution is 2.17. The molecule has 2 aromatic carbocycles. The molecule has 29 heavy (non-hydrogen) atoms. The van der Waals surface area contributed by atoms with E-state index in [1.165, 1.54) is 11.8 Å². The molecule has 0 bridgehead atoms. The quantitative estimate of drug-likeness (QED) is 0.509. The van der Waals surface area contributed by atoms with E-state index in [1.807, 2.05) is 6.92 Å². The molecule has 8 heteroatoms. The van der Waals surface area contributed by atoms with Crippen LogP contribution in [0.15, 0.2) is 48.5 Å². The SMILES string of the molecule is CCOCCOc1ccc(C(=O)NC(=S)Nc2ccc(N(C)C(C)=O)cc2)cc1. The molecule has 2 aromatic rings. The molecule has 0 spiro atoms. The molecule has 7 nitrogen and oxygen atoms in total. The fourth-order valence-corrected chi connectivity index (χ4v) is 2.56. The zero-order valence-electron chi connectivity index (χ0n) is 16.7. The standard InChI is InChI=1S/C21H25N3O4S/c1-4-27-13-14-28-19-11-5-16(6-12-19)20(26)23-21(29)22-17-7-9-18(10-8-17)24(3)15(2)25/h5-12H,4,13-14H2,1-3H3,(H2,22,23,26,29). The monoisotopic (exact) mass is 415 g/mol. The van der Waals surface area contributed by atoms with Gasteiger partial charge in [0.2, 0.25) is 5.91 Å². The third-order valence-corrected chi connectivity index (χ3v) is 4.23. The molecule has 0 aromatic heterocycles. The van der Waals surface area contributed by atoms with Gasteiger partial charge in [-0.25, -0.2) is 0 Å². The van der Waals surface area contributed by atoms with Gasteiger partial charge in [0.05, 0.1) is 6.61 Å². The van der Waals surface area contributed by atoms with Crippen LogP contribution in [0, 0.1) is 0 Å². The van der Waals surface area contributed by atoms with Gasteiger partial charge in [0.25, 0.3) is 5.91 Å². The van der Waals surface area contributed by atoms with Crippen molar-refractivity contribution in [3.8, 4) is 5.75 Å². The average molecular weight is 416 g/mol. The minimum atomic E-state index is -0.323. The van der Waals surface area contributed by atoms with E-state index in [0.29, 0.717) is 36.8 Å². The van der Waals surface area contributed by atoms with Crippen molar-refractivity contribution in [1.29, 1.82) is 0 Å². The van der Waals surface area contributed by atoms with Crippen molar-refractivity contribution in [1.82, 2.24) is 5.32 Å². The first-order chi connectivity index (χ1) is 13.9. The van der Waals surface area contributed by atoms with Crippen LogP contribution >= 0.6 is 12.2 Å². The number of hydrogen-bond acceptors (Lipinski definition) is 5. The maximum absolute atomic E-state index is 12.3. The highest BCUT2D eigenvalue weighted by atomic mass is 32.1. The number of amides is 2. The molecule has 2 amide bonds. The van der Waals surface area contributed by atoms with Gasteiger partial charge in [0.15, 0.2) is 5.11 Å². The fraction of sp³-hybridized carbons (Fsp3) is 0.286. The van der Waals surface area contributed by atoms with Crippen molar-refractivity contribution < 1.29 is 19.1 Å². The smallest absolute Gasteiger partial charge is 0.257 e. The van der Waals surface area contributed by atoms with Gasteiger partial charge in [-0.05, 0) is 67.7 Å². The van der Waals surface area contributed by atoms with Crippen molar-refractivity contribution in [2.45, 2.75) is 13.8 Å². The number of ether oxygens (including phenoxy) is 2. The number of anilines is 2. The summed E-state index contributed by atoms with van der Waals surface area (Å²) >= 11 is 5.20. The molecular formula is C21H25N3O4S. The van der Waals surface area contributed by atoms with Crippen molar-refractivity contribution in [2.24, 2.45) is 0 Å². The van der Waals surface area contributed by atoms with Gasteiger partial charge in [-0.1, -0.05) is 0 Å². The van der Waals surface area contributed by atoms with Crippen LogP contribution in [0.3, 0.4) is 0 Å². The minimum Gasteiger partial charge on any atom is -0.491 e. The summed E-state index contributed by atoms with van der Waals surface area (Å²) in [5, 5.41) is 5.76. The third kappa shape index (κ3) is 7.17. The first-order valence-corrected chi connectivity index (χ1v) is 9.59. The highest BCUT2D eigenvalue weighted by Gasteiger charge is 2.09. The van der Waals surface area contributed by atoms with E-state index in [9.17, 15) is 9.59 Å². The van der Waals surface area contributed by atoms with E-state index >= 15 is 0 Å². The Morgan fingerprint density at radius 3 is 2.28 bits per heavy atom. The Kier molecular flexibility index (Phi) is 8.57. The van der Waals surface area contributed by atoms with E-state index in [0.717, 1.165) is 5.69 Å². The maximum Gasteiger partial charge on any atom is 0.257 e. The molecule has 0 atom stereocenters. The lowest BCUT2D eigenvalue weighted by Gasteiger charge is -2.16. The van der Waals surface area contributed by atoms with Crippen molar-refractivity contribution in [3.63, 3.8) is 0 Å². The summed E-state index contributed by atoms with van der Waals surface area (Å²) in [6.45, 7) is 5.04. The topological polar surface area (TPSA) is 79.9 Å². The molecule has 0 fully saturated rings. The second-order valence-corrected chi connectivity index (χ2v) is 6.51. The Morgan fingerprint density at radius 1 is 1.03 bits per heavy atom. The summed E-state index contributed by atoms with van der Waals surface area (Å²) in [6.07, 6.45) is 0. The number of nitrogens with one attached hydrogen (secondary N) is 2. The number of carbonyl (C=O) groups excluding carboxylic acids is 2. The maximum atomic E-state index is 12.3. The van der Waals surface area contributed by atoms with Gasteiger partial charge in [0.1, 0.15) is 12.4 Å². The van der Waals surface area contributed by atoms with Gasteiger partial charge in [-0.15, -0.1) is 0 Å². The normalized spacial score (nSPS) is 10.2. The molecule has 0 radical (unpaired) electrons. The van der Waals surface area contributed by atoms with E-state index in [2.05, 4.69) is 10.6 Å². The summed E-state index contributed by atoms with van der Waals surface area (Å²) in [5.74, 6) is 0.285. The Bertz CT molecular complexity index is 838. The zero-order valence-corrected chi connectivity index (χ0v) is 17.5. The Labute approximate surface area is 176 Å². The predicted molar refractivity (Wildman–Crippen MR) is 118 cm³/mol. The van der Waals surface area contributed by atoms with E-state index in [4.69, 9.17) is 21.7 Å². The molecule has 0 aliphatic heterocycles. The molecule has 0 unspecified atom stereocenters. The number of rotatable bonds is 8. The summed E-state index contributed by atoms with van der Waals surface area (Å²) in [4.78, 5) is 25.3. The van der Waals surface area contributed by atoms with Crippen molar-refractivity contribution in [3.05, 3.63) is 54.1 Å². The first kappa shape index (κ1) is 22.3. The van der Waals surface area contributed by atoms with Crippen LogP contribution in [0.2, 0.25) is 0 Å². The van der Waals surface area contributed by atoms with E-state index in [1.54, 1.807) is 55.6 Å². The number of thiocarbonyl (C=S) groups is 1. The molecule has 0 aliphatic rings. The lowest BCUT2D eigenvalue weighted by molar-refractivity contribution is -0.116.